The van der Waals surface area contributed by atoms with Crippen LogP contribution in [0.4, 0.5) is 14.5 Å². The summed E-state index contributed by atoms with van der Waals surface area (Å²) in [6.07, 6.45) is 3.25. The van der Waals surface area contributed by atoms with Crippen molar-refractivity contribution in [2.24, 2.45) is 0 Å². The fourth-order valence-corrected chi connectivity index (χ4v) is 3.17. The molecule has 9 heteroatoms. The molecule has 0 saturated carbocycles. The predicted molar refractivity (Wildman–Crippen MR) is 91.3 cm³/mol. The molecule has 27 heavy (non-hydrogen) atoms. The van der Waals surface area contributed by atoms with Gasteiger partial charge in [0.2, 0.25) is 0 Å². The number of aliphatic hydroxyl groups is 1. The summed E-state index contributed by atoms with van der Waals surface area (Å²) in [4.78, 5) is 21.4. The number of rotatable bonds is 4. The number of pyridine rings is 1. The highest BCUT2D eigenvalue weighted by molar-refractivity contribution is 6.06. The van der Waals surface area contributed by atoms with Crippen molar-refractivity contribution < 1.29 is 18.7 Å². The highest BCUT2D eigenvalue weighted by Crippen LogP contribution is 2.47. The number of fused-ring (bicyclic) bond motifs is 1. The van der Waals surface area contributed by atoms with Gasteiger partial charge in [0, 0.05) is 6.20 Å². The Balaban J connectivity index is 1.68. The first kappa shape index (κ1) is 17.2. The molecule has 4 rings (SSSR count). The van der Waals surface area contributed by atoms with Crippen LogP contribution in [0.5, 0.6) is 0 Å². The van der Waals surface area contributed by atoms with Gasteiger partial charge in [-0.15, -0.1) is 0 Å². The average Bonchev–Trinajstić information content (AvgIpc) is 3.25. The monoisotopic (exact) mass is 371 g/mol. The third kappa shape index (κ3) is 2.76. The fourth-order valence-electron chi connectivity index (χ4n) is 3.17. The molecule has 1 aliphatic heterocycles. The smallest absolute Gasteiger partial charge is 0.352 e. The van der Waals surface area contributed by atoms with Crippen molar-refractivity contribution >= 4 is 11.6 Å². The fraction of sp³-hybridized carbons (Fsp3) is 0.222. The molecule has 0 saturated heterocycles. The van der Waals surface area contributed by atoms with E-state index in [1.54, 1.807) is 18.2 Å². The van der Waals surface area contributed by atoms with E-state index >= 15 is 0 Å². The number of aromatic nitrogens is 4. The third-order valence-corrected chi connectivity index (χ3v) is 4.45. The molecule has 1 aromatic carbocycles. The molecule has 3 aromatic rings. The highest BCUT2D eigenvalue weighted by atomic mass is 19.3. The summed E-state index contributed by atoms with van der Waals surface area (Å²) in [5.41, 5.74) is 0.298. The van der Waals surface area contributed by atoms with E-state index in [1.165, 1.54) is 42.6 Å². The minimum atomic E-state index is -3.68. The number of carbonyl (C=O) groups excluding carboxylic acids is 1. The lowest BCUT2D eigenvalue weighted by atomic mass is 9.98. The van der Waals surface area contributed by atoms with Crippen LogP contribution in [0.15, 0.2) is 49.2 Å². The zero-order chi connectivity index (χ0) is 19.2. The number of halogens is 2. The van der Waals surface area contributed by atoms with Crippen LogP contribution in [0.1, 0.15) is 29.7 Å². The van der Waals surface area contributed by atoms with Crippen molar-refractivity contribution in [2.45, 2.75) is 25.5 Å². The zero-order valence-corrected chi connectivity index (χ0v) is 14.3. The van der Waals surface area contributed by atoms with E-state index in [0.717, 1.165) is 4.90 Å². The molecule has 0 radical (unpaired) electrons. The Morgan fingerprint density at radius 3 is 2.70 bits per heavy atom. The molecule has 138 valence electrons. The van der Waals surface area contributed by atoms with Crippen LogP contribution in [0.25, 0.3) is 5.82 Å². The maximum absolute atomic E-state index is 14.6. The molecule has 1 amide bonds. The highest BCUT2D eigenvalue weighted by Gasteiger charge is 2.54. The van der Waals surface area contributed by atoms with E-state index in [0.29, 0.717) is 11.4 Å². The van der Waals surface area contributed by atoms with Crippen molar-refractivity contribution in [2.75, 3.05) is 4.90 Å². The van der Waals surface area contributed by atoms with Crippen LogP contribution in [-0.4, -0.2) is 30.8 Å². The molecule has 7 nitrogen and oxygen atoms in total. The van der Waals surface area contributed by atoms with Gasteiger partial charge in [-0.2, -0.15) is 13.9 Å². The van der Waals surface area contributed by atoms with Crippen molar-refractivity contribution in [3.05, 3.63) is 65.9 Å². The molecular formula is C18H15F2N5O2. The van der Waals surface area contributed by atoms with Crippen LogP contribution in [0.3, 0.4) is 0 Å². The Hall–Kier alpha value is -3.20. The second kappa shape index (κ2) is 6.20. The van der Waals surface area contributed by atoms with E-state index in [2.05, 4.69) is 15.1 Å². The number of aliphatic hydroxyl groups excluding tert-OH is 1. The summed E-state index contributed by atoms with van der Waals surface area (Å²) in [6.45, 7) is 1.33. The van der Waals surface area contributed by atoms with Crippen LogP contribution < -0.4 is 4.90 Å². The lowest BCUT2D eigenvalue weighted by Crippen LogP contribution is -2.34. The Kier molecular flexibility index (Phi) is 3.96. The molecule has 2 aromatic heterocycles. The summed E-state index contributed by atoms with van der Waals surface area (Å²) in [5.74, 6) is -4.48. The molecule has 0 aliphatic carbocycles. The van der Waals surface area contributed by atoms with Gasteiger partial charge in [-0.25, -0.2) is 14.6 Å². The van der Waals surface area contributed by atoms with E-state index < -0.39 is 23.5 Å². The van der Waals surface area contributed by atoms with Gasteiger partial charge in [-0.1, -0.05) is 18.2 Å². The van der Waals surface area contributed by atoms with Gasteiger partial charge >= 0.3 is 11.8 Å². The van der Waals surface area contributed by atoms with Gasteiger partial charge in [0.1, 0.15) is 12.7 Å². The Morgan fingerprint density at radius 1 is 1.26 bits per heavy atom. The Labute approximate surface area is 152 Å². The summed E-state index contributed by atoms with van der Waals surface area (Å²) in [7, 11) is 0. The zero-order valence-electron chi connectivity index (χ0n) is 14.3. The molecule has 0 fully saturated rings. The normalized spacial score (nSPS) is 16.4. The number of hydrogen-bond donors (Lipinski definition) is 1. The number of benzene rings is 1. The van der Waals surface area contributed by atoms with E-state index in [9.17, 15) is 18.7 Å². The van der Waals surface area contributed by atoms with Gasteiger partial charge in [0.05, 0.1) is 23.9 Å². The van der Waals surface area contributed by atoms with Gasteiger partial charge < -0.3 is 10.0 Å². The molecule has 3 heterocycles. The predicted octanol–water partition coefficient (Wildman–Crippen LogP) is 2.35. The van der Waals surface area contributed by atoms with Crippen molar-refractivity contribution in [1.29, 1.82) is 0 Å². The summed E-state index contributed by atoms with van der Waals surface area (Å²) >= 11 is 0. The number of hydrogen-bond acceptors (Lipinski definition) is 5. The maximum atomic E-state index is 14.6. The molecule has 1 N–H and O–H groups in total. The first-order valence-electron chi connectivity index (χ1n) is 8.20. The van der Waals surface area contributed by atoms with E-state index in [1.807, 2.05) is 0 Å². The molecular weight excluding hydrogens is 356 g/mol. The van der Waals surface area contributed by atoms with Crippen LogP contribution in [-0.2, 0) is 17.3 Å². The van der Waals surface area contributed by atoms with Gasteiger partial charge in [0.15, 0.2) is 5.82 Å². The van der Waals surface area contributed by atoms with Crippen LogP contribution in [0, 0.1) is 0 Å². The van der Waals surface area contributed by atoms with Crippen LogP contribution >= 0.6 is 0 Å². The topological polar surface area (TPSA) is 84.1 Å². The van der Waals surface area contributed by atoms with Crippen molar-refractivity contribution in [1.82, 2.24) is 19.7 Å². The standard InChI is InChI=1S/C18H15F2N5O2/c1-11(26)13-3-2-4-14-16(13)18(19,20)17(27)24(14)8-12-5-6-15(22-7-12)25-10-21-9-23-25/h2-7,9-11,26H,8H2,1H3/t11-/m0/s1. The summed E-state index contributed by atoms with van der Waals surface area (Å²) in [5, 5.41) is 13.8. The maximum Gasteiger partial charge on any atom is 0.352 e. The number of nitrogens with zero attached hydrogens (tertiary/aromatic N) is 5. The summed E-state index contributed by atoms with van der Waals surface area (Å²) < 4.78 is 30.7. The Morgan fingerprint density at radius 2 is 2.07 bits per heavy atom. The first-order valence-corrected chi connectivity index (χ1v) is 8.20. The first-order chi connectivity index (χ1) is 12.9. The third-order valence-electron chi connectivity index (χ3n) is 4.45. The lowest BCUT2D eigenvalue weighted by molar-refractivity contribution is -0.141. The quantitative estimate of drug-likeness (QED) is 0.761. The van der Waals surface area contributed by atoms with E-state index in [4.69, 9.17) is 0 Å². The lowest BCUT2D eigenvalue weighted by Gasteiger charge is -2.17. The largest absolute Gasteiger partial charge is 0.389 e. The summed E-state index contributed by atoms with van der Waals surface area (Å²) in [6, 6.07) is 7.76. The van der Waals surface area contributed by atoms with E-state index in [-0.39, 0.29) is 17.8 Å². The average molecular weight is 371 g/mol. The van der Waals surface area contributed by atoms with Gasteiger partial charge in [-0.05, 0) is 30.2 Å². The molecule has 0 bridgehead atoms. The van der Waals surface area contributed by atoms with Gasteiger partial charge in [-0.3, -0.25) is 4.79 Å². The van der Waals surface area contributed by atoms with Crippen LogP contribution in [0.2, 0.25) is 0 Å². The Bertz CT molecular complexity index is 987. The molecule has 0 spiro atoms. The molecule has 1 atom stereocenters. The minimum absolute atomic E-state index is 0.0491. The molecule has 0 unspecified atom stereocenters. The number of alkyl halides is 2. The van der Waals surface area contributed by atoms with Gasteiger partial charge in [0.25, 0.3) is 0 Å². The second-order valence-electron chi connectivity index (χ2n) is 6.25. The van der Waals surface area contributed by atoms with Crippen molar-refractivity contribution in [3.8, 4) is 5.82 Å². The number of carbonyl (C=O) groups is 1. The van der Waals surface area contributed by atoms with Crippen molar-refractivity contribution in [3.63, 3.8) is 0 Å². The second-order valence-corrected chi connectivity index (χ2v) is 6.25. The minimum Gasteiger partial charge on any atom is -0.389 e. The number of anilines is 1. The molecule has 1 aliphatic rings. The number of amides is 1. The SMILES string of the molecule is C[C@H](O)c1cccc2c1C(F)(F)C(=O)N2Cc1ccc(-n2cncn2)nc1.